The van der Waals surface area contributed by atoms with E-state index in [2.05, 4.69) is 20.9 Å². The second-order valence-electron chi connectivity index (χ2n) is 2.12. The molecule has 1 heterocycles. The maximum absolute atomic E-state index is 7.41. The van der Waals surface area contributed by atoms with E-state index in [-0.39, 0.29) is 5.75 Å². The molecule has 12 heavy (non-hydrogen) atoms. The molecule has 0 aliphatic carbocycles. The quantitative estimate of drug-likeness (QED) is 0.751. The van der Waals surface area contributed by atoms with Crippen molar-refractivity contribution in [3.05, 3.63) is 22.9 Å². The first-order valence-corrected chi connectivity index (χ1v) is 3.81. The predicted molar refractivity (Wildman–Crippen MR) is 52.3 cm³/mol. The Morgan fingerprint density at radius 2 is 2.25 bits per heavy atom. The lowest BCUT2D eigenvalue weighted by Gasteiger charge is -2.20. The van der Waals surface area contributed by atoms with E-state index >= 15 is 0 Å². The van der Waals surface area contributed by atoms with Gasteiger partial charge in [0, 0.05) is 23.0 Å². The highest BCUT2D eigenvalue weighted by molar-refractivity contribution is 9.10. The van der Waals surface area contributed by atoms with Crippen LogP contribution in [0.4, 0.5) is 0 Å². The number of rotatable bonds is 1. The summed E-state index contributed by atoms with van der Waals surface area (Å²) < 4.78 is 72.0. The summed E-state index contributed by atoms with van der Waals surface area (Å²) in [6.45, 7) is -10.2. The summed E-state index contributed by atoms with van der Waals surface area (Å²) in [6, 6.07) is 1.24. The molecule has 0 spiro atoms. The largest absolute Gasteiger partial charge is 0.487 e. The molecule has 1 aromatic rings. The van der Waals surface area contributed by atoms with Gasteiger partial charge in [0.25, 0.3) is 0 Å². The van der Waals surface area contributed by atoms with Gasteiger partial charge in [-0.25, -0.2) is 0 Å². The summed E-state index contributed by atoms with van der Waals surface area (Å²) in [5.74, 6) is -0.271. The Bertz CT molecular complexity index is 471. The number of ether oxygens (including phenoxy) is 1. The minimum absolute atomic E-state index is 0.271. The van der Waals surface area contributed by atoms with Gasteiger partial charge >= 0.3 is 0 Å². The monoisotopic (exact) mass is 238 g/mol. The minimum Gasteiger partial charge on any atom is -0.487 e. The van der Waals surface area contributed by atoms with Crippen molar-refractivity contribution in [3.63, 3.8) is 0 Å². The second-order valence-corrected chi connectivity index (χ2v) is 3.04. The molecule has 2 nitrogen and oxygen atoms in total. The molecule has 66 valence electrons. The smallest absolute Gasteiger partial charge is 0.139 e. The first kappa shape index (κ1) is 2.98. The van der Waals surface area contributed by atoms with Crippen molar-refractivity contribution in [1.82, 2.24) is 4.98 Å². The zero-order valence-electron chi connectivity index (χ0n) is 15.0. The molecule has 1 aromatic heterocycles. The number of aromatic nitrogens is 1. The third-order valence-electron chi connectivity index (χ3n) is 0.951. The Labute approximate surface area is 93.7 Å². The SMILES string of the molecule is [2H]C([2H])([2H])C(Oc1cncc(Br)c1)(C([2H])([2H])[2H])C([2H])([2H])[2H]. The summed E-state index contributed by atoms with van der Waals surface area (Å²) in [5.41, 5.74) is -3.35. The van der Waals surface area contributed by atoms with Gasteiger partial charge in [-0.2, -0.15) is 0 Å². The minimum atomic E-state index is -3.41. The van der Waals surface area contributed by atoms with Crippen molar-refractivity contribution in [2.24, 2.45) is 0 Å². The fourth-order valence-electron chi connectivity index (χ4n) is 0.625. The van der Waals surface area contributed by atoms with Crippen molar-refractivity contribution >= 4 is 15.9 Å². The third-order valence-corrected chi connectivity index (χ3v) is 1.38. The maximum atomic E-state index is 7.41. The van der Waals surface area contributed by atoms with Crippen molar-refractivity contribution < 1.29 is 17.1 Å². The summed E-state index contributed by atoms with van der Waals surface area (Å²) in [5, 5.41) is 0. The molecule has 0 N–H and O–H groups in total. The summed E-state index contributed by atoms with van der Waals surface area (Å²) in [4.78, 5) is 3.69. The fraction of sp³-hybridized carbons (Fsp3) is 0.444. The molecule has 0 amide bonds. The van der Waals surface area contributed by atoms with E-state index in [4.69, 9.17) is 17.1 Å². The van der Waals surface area contributed by atoms with Gasteiger partial charge in [-0.05, 0) is 42.6 Å². The van der Waals surface area contributed by atoms with Crippen LogP contribution >= 0.6 is 15.9 Å². The van der Waals surface area contributed by atoms with Gasteiger partial charge in [-0.1, -0.05) is 0 Å². The van der Waals surface area contributed by atoms with E-state index in [0.717, 1.165) is 6.20 Å². The Hall–Kier alpha value is -0.570. The first-order valence-electron chi connectivity index (χ1n) is 7.52. The molecule has 0 aromatic carbocycles. The van der Waals surface area contributed by atoms with Crippen LogP contribution in [0.15, 0.2) is 22.9 Å². The van der Waals surface area contributed by atoms with Crippen LogP contribution in [0.1, 0.15) is 32.9 Å². The van der Waals surface area contributed by atoms with E-state index in [1.165, 1.54) is 12.3 Å². The Morgan fingerprint density at radius 3 is 2.83 bits per heavy atom. The lowest BCUT2D eigenvalue weighted by Crippen LogP contribution is -2.22. The van der Waals surface area contributed by atoms with Crippen LogP contribution in [0.3, 0.4) is 0 Å². The van der Waals surface area contributed by atoms with Gasteiger partial charge in [0.1, 0.15) is 11.4 Å². The standard InChI is InChI=1S/C9H12BrNO/c1-9(2,3)12-8-4-7(10)5-11-6-8/h4-6H,1-3H3/i1D3,2D3,3D3. The van der Waals surface area contributed by atoms with Crippen LogP contribution in [0.5, 0.6) is 5.75 Å². The number of nitrogens with zero attached hydrogens (tertiary/aromatic N) is 1. The summed E-state index contributed by atoms with van der Waals surface area (Å²) >= 11 is 3.06. The van der Waals surface area contributed by atoms with Crippen LogP contribution in [0.25, 0.3) is 0 Å². The Morgan fingerprint density at radius 1 is 1.50 bits per heavy atom. The molecule has 0 radical (unpaired) electrons. The average Bonchev–Trinajstić information content (AvgIpc) is 2.20. The maximum Gasteiger partial charge on any atom is 0.139 e. The van der Waals surface area contributed by atoms with E-state index in [9.17, 15) is 0 Å². The molecule has 0 saturated carbocycles. The van der Waals surface area contributed by atoms with Crippen LogP contribution < -0.4 is 4.74 Å². The molecule has 0 saturated heterocycles. The molecule has 0 atom stereocenters. The third kappa shape index (κ3) is 3.22. The predicted octanol–water partition coefficient (Wildman–Crippen LogP) is 3.02. The summed E-state index contributed by atoms with van der Waals surface area (Å²) in [7, 11) is 0. The molecule has 0 fully saturated rings. The normalized spacial score (nSPS) is 25.6. The molecule has 1 rings (SSSR count). The van der Waals surface area contributed by atoms with Crippen LogP contribution in [-0.4, -0.2) is 10.6 Å². The number of hydrogen-bond donors (Lipinski definition) is 0. The molecule has 0 bridgehead atoms. The Balaban J connectivity index is 3.52. The molecule has 0 aliphatic heterocycles. The highest BCUT2D eigenvalue weighted by Gasteiger charge is 2.11. The molecular weight excluding hydrogens is 218 g/mol. The van der Waals surface area contributed by atoms with Crippen molar-refractivity contribution in [1.29, 1.82) is 0 Å². The van der Waals surface area contributed by atoms with Gasteiger partial charge in [0.15, 0.2) is 0 Å². The number of halogens is 1. The zero-order valence-corrected chi connectivity index (χ0v) is 7.55. The molecule has 0 aliphatic rings. The second kappa shape index (κ2) is 3.44. The highest BCUT2D eigenvalue weighted by Crippen LogP contribution is 2.20. The van der Waals surface area contributed by atoms with Crippen molar-refractivity contribution in [3.8, 4) is 5.75 Å². The van der Waals surface area contributed by atoms with Crippen LogP contribution in [0, 0.1) is 0 Å². The van der Waals surface area contributed by atoms with Gasteiger partial charge in [0.2, 0.25) is 0 Å². The fourth-order valence-corrected chi connectivity index (χ4v) is 0.969. The molecule has 3 heteroatoms. The van der Waals surface area contributed by atoms with Gasteiger partial charge in [-0.3, -0.25) is 4.98 Å². The molecular formula is C9H12BrNO. The van der Waals surface area contributed by atoms with Gasteiger partial charge in [-0.15, -0.1) is 0 Å². The van der Waals surface area contributed by atoms with Crippen LogP contribution in [-0.2, 0) is 0 Å². The van der Waals surface area contributed by atoms with Crippen LogP contribution in [0.2, 0.25) is 0 Å². The number of hydrogen-bond acceptors (Lipinski definition) is 2. The van der Waals surface area contributed by atoms with E-state index in [1.807, 2.05) is 0 Å². The van der Waals surface area contributed by atoms with Gasteiger partial charge < -0.3 is 4.74 Å². The molecule has 0 unspecified atom stereocenters. The van der Waals surface area contributed by atoms with Crippen molar-refractivity contribution in [2.75, 3.05) is 0 Å². The zero-order chi connectivity index (χ0) is 16.7. The first-order chi connectivity index (χ1) is 9.22. The Kier molecular flexibility index (Phi) is 0.853. The van der Waals surface area contributed by atoms with E-state index in [0.29, 0.717) is 4.47 Å². The number of pyridine rings is 1. The highest BCUT2D eigenvalue weighted by atomic mass is 79.9. The average molecular weight is 239 g/mol. The van der Waals surface area contributed by atoms with E-state index < -0.39 is 26.2 Å². The summed E-state index contributed by atoms with van der Waals surface area (Å²) in [6.07, 6.45) is 2.40. The van der Waals surface area contributed by atoms with E-state index in [1.54, 1.807) is 0 Å². The lowest BCUT2D eigenvalue weighted by atomic mass is 10.2. The van der Waals surface area contributed by atoms with Gasteiger partial charge in [0.05, 0.1) is 6.20 Å². The van der Waals surface area contributed by atoms with Crippen molar-refractivity contribution in [2.45, 2.75) is 26.2 Å². The topological polar surface area (TPSA) is 22.1 Å². The lowest BCUT2D eigenvalue weighted by molar-refractivity contribution is 0.130.